The van der Waals surface area contributed by atoms with Gasteiger partial charge in [0.1, 0.15) is 11.3 Å². The summed E-state index contributed by atoms with van der Waals surface area (Å²) in [5, 5.41) is 0.678. The monoisotopic (exact) mass is 409 g/mol. The number of rotatable bonds is 7. The summed E-state index contributed by atoms with van der Waals surface area (Å²) in [6, 6.07) is 9.31. The molecule has 0 atom stereocenters. The van der Waals surface area contributed by atoms with Crippen molar-refractivity contribution >= 4 is 55.5 Å². The fourth-order valence-electron chi connectivity index (χ4n) is 2.58. The molecule has 0 radical (unpaired) electrons. The van der Waals surface area contributed by atoms with Crippen LogP contribution in [-0.2, 0) is 0 Å². The van der Waals surface area contributed by atoms with E-state index in [0.29, 0.717) is 26.6 Å². The molecule has 138 valence electrons. The number of methoxy groups -OCH3 is 1. The van der Waals surface area contributed by atoms with Gasteiger partial charge in [-0.2, -0.15) is 0 Å². The molecule has 1 aromatic carbocycles. The van der Waals surface area contributed by atoms with E-state index >= 15 is 0 Å². The molecule has 0 unspecified atom stereocenters. The Labute approximate surface area is 165 Å². The van der Waals surface area contributed by atoms with Crippen molar-refractivity contribution in [2.24, 2.45) is 0 Å². The van der Waals surface area contributed by atoms with E-state index in [1.54, 1.807) is 24.1 Å². The SMILES string of the molecule is COc1cccc2sc(N(CCCN(C)C)C(=O)c3ccc(Cl)s3)nc12. The molecule has 3 rings (SSSR count). The first-order valence-electron chi connectivity index (χ1n) is 8.15. The number of ether oxygens (including phenoxy) is 1. The number of para-hydroxylation sites is 1. The van der Waals surface area contributed by atoms with E-state index in [1.165, 1.54) is 22.7 Å². The first-order chi connectivity index (χ1) is 12.5. The van der Waals surface area contributed by atoms with Crippen LogP contribution in [-0.4, -0.2) is 50.1 Å². The van der Waals surface area contributed by atoms with Gasteiger partial charge < -0.3 is 9.64 Å². The van der Waals surface area contributed by atoms with Crippen molar-refractivity contribution < 1.29 is 9.53 Å². The van der Waals surface area contributed by atoms with E-state index in [0.717, 1.165) is 23.2 Å². The number of halogens is 1. The van der Waals surface area contributed by atoms with Crippen molar-refractivity contribution in [3.63, 3.8) is 0 Å². The Morgan fingerprint density at radius 2 is 2.00 bits per heavy atom. The molecule has 0 aliphatic rings. The summed E-state index contributed by atoms with van der Waals surface area (Å²) in [5.41, 5.74) is 0.782. The maximum Gasteiger partial charge on any atom is 0.270 e. The lowest BCUT2D eigenvalue weighted by atomic mass is 10.3. The van der Waals surface area contributed by atoms with Gasteiger partial charge in [0.05, 0.1) is 21.0 Å². The van der Waals surface area contributed by atoms with Crippen LogP contribution < -0.4 is 9.64 Å². The fraction of sp³-hybridized carbons (Fsp3) is 0.333. The third-order valence-electron chi connectivity index (χ3n) is 3.84. The number of anilines is 1. The number of thiophene rings is 1. The molecule has 0 fully saturated rings. The van der Waals surface area contributed by atoms with E-state index in [4.69, 9.17) is 21.3 Å². The first-order valence-corrected chi connectivity index (χ1v) is 10.2. The zero-order valence-corrected chi connectivity index (χ0v) is 17.2. The summed E-state index contributed by atoms with van der Waals surface area (Å²) >= 11 is 8.80. The molecular weight excluding hydrogens is 390 g/mol. The zero-order valence-electron chi connectivity index (χ0n) is 14.9. The van der Waals surface area contributed by atoms with E-state index < -0.39 is 0 Å². The number of hydrogen-bond acceptors (Lipinski definition) is 6. The second-order valence-electron chi connectivity index (χ2n) is 6.02. The molecule has 8 heteroatoms. The van der Waals surface area contributed by atoms with Gasteiger partial charge in [-0.05, 0) is 51.3 Å². The Bertz CT molecular complexity index is 907. The molecule has 3 aromatic rings. The minimum atomic E-state index is -0.0707. The number of carbonyl (C=O) groups excluding carboxylic acids is 1. The number of thiazole rings is 1. The van der Waals surface area contributed by atoms with Crippen molar-refractivity contribution in [2.45, 2.75) is 6.42 Å². The van der Waals surface area contributed by atoms with Gasteiger partial charge in [0.15, 0.2) is 5.13 Å². The second-order valence-corrected chi connectivity index (χ2v) is 8.75. The van der Waals surface area contributed by atoms with Gasteiger partial charge in [0.25, 0.3) is 5.91 Å². The van der Waals surface area contributed by atoms with Crippen LogP contribution in [0.3, 0.4) is 0 Å². The summed E-state index contributed by atoms with van der Waals surface area (Å²) in [4.78, 5) is 22.2. The number of nitrogens with zero attached hydrogens (tertiary/aromatic N) is 3. The van der Waals surface area contributed by atoms with Gasteiger partial charge in [-0.3, -0.25) is 9.69 Å². The van der Waals surface area contributed by atoms with Gasteiger partial charge in [0.2, 0.25) is 0 Å². The minimum Gasteiger partial charge on any atom is -0.494 e. The Hall–Kier alpha value is -1.67. The molecule has 26 heavy (non-hydrogen) atoms. The highest BCUT2D eigenvalue weighted by atomic mass is 35.5. The number of benzene rings is 1. The summed E-state index contributed by atoms with van der Waals surface area (Å²) < 4.78 is 7.00. The molecule has 0 N–H and O–H groups in total. The molecule has 2 heterocycles. The maximum absolute atomic E-state index is 13.1. The molecule has 5 nitrogen and oxygen atoms in total. The molecule has 0 saturated carbocycles. The highest BCUT2D eigenvalue weighted by molar-refractivity contribution is 7.22. The number of fused-ring (bicyclic) bond motifs is 1. The maximum atomic E-state index is 13.1. The van der Waals surface area contributed by atoms with Gasteiger partial charge in [0, 0.05) is 6.54 Å². The van der Waals surface area contributed by atoms with Crippen molar-refractivity contribution in [1.82, 2.24) is 9.88 Å². The molecule has 0 saturated heterocycles. The number of hydrogen-bond donors (Lipinski definition) is 0. The number of amides is 1. The first kappa shape index (κ1) is 19.1. The van der Waals surface area contributed by atoms with E-state index in [1.807, 2.05) is 32.3 Å². The summed E-state index contributed by atoms with van der Waals surface area (Å²) in [5.74, 6) is 0.642. The van der Waals surface area contributed by atoms with Crippen molar-refractivity contribution in [3.8, 4) is 5.75 Å². The Morgan fingerprint density at radius 1 is 1.19 bits per heavy atom. The van der Waals surface area contributed by atoms with Crippen LogP contribution in [0.4, 0.5) is 5.13 Å². The molecule has 1 amide bonds. The average Bonchev–Trinajstić information content (AvgIpc) is 3.23. The Kier molecular flexibility index (Phi) is 6.13. The standard InChI is InChI=1S/C18H20ClN3O2S2/c1-21(2)10-5-11-22(17(23)14-8-9-15(19)25-14)18-20-16-12(24-3)6-4-7-13(16)26-18/h4,6-9H,5,10-11H2,1-3H3. The van der Waals surface area contributed by atoms with Gasteiger partial charge in [-0.15, -0.1) is 11.3 Å². The van der Waals surface area contributed by atoms with Gasteiger partial charge in [-0.25, -0.2) is 4.98 Å². The summed E-state index contributed by atoms with van der Waals surface area (Å²) in [6.45, 7) is 1.48. The van der Waals surface area contributed by atoms with Crippen molar-refractivity contribution in [3.05, 3.63) is 39.5 Å². The Morgan fingerprint density at radius 3 is 2.65 bits per heavy atom. The Balaban J connectivity index is 1.95. The number of carbonyl (C=O) groups is 1. The van der Waals surface area contributed by atoms with Gasteiger partial charge >= 0.3 is 0 Å². The molecule has 0 bridgehead atoms. The highest BCUT2D eigenvalue weighted by Gasteiger charge is 2.23. The fourth-order valence-corrected chi connectivity index (χ4v) is 4.58. The third kappa shape index (κ3) is 4.17. The second kappa shape index (κ2) is 8.35. The van der Waals surface area contributed by atoms with Crippen LogP contribution in [0.1, 0.15) is 16.1 Å². The molecule has 2 aromatic heterocycles. The molecule has 0 aliphatic heterocycles. The van der Waals surface area contributed by atoms with Gasteiger partial charge in [-0.1, -0.05) is 29.0 Å². The van der Waals surface area contributed by atoms with E-state index in [2.05, 4.69) is 4.90 Å². The molecule has 0 spiro atoms. The zero-order chi connectivity index (χ0) is 18.7. The van der Waals surface area contributed by atoms with Crippen LogP contribution in [0.2, 0.25) is 4.34 Å². The van der Waals surface area contributed by atoms with Crippen LogP contribution in [0.15, 0.2) is 30.3 Å². The predicted octanol–water partition coefficient (Wildman–Crippen LogP) is 4.62. The lowest BCUT2D eigenvalue weighted by Gasteiger charge is -2.20. The van der Waals surface area contributed by atoms with Crippen LogP contribution in [0.25, 0.3) is 10.2 Å². The lowest BCUT2D eigenvalue weighted by Crippen LogP contribution is -2.32. The average molecular weight is 410 g/mol. The molecular formula is C18H20ClN3O2S2. The van der Waals surface area contributed by atoms with Crippen LogP contribution in [0, 0.1) is 0 Å². The van der Waals surface area contributed by atoms with Crippen LogP contribution >= 0.6 is 34.3 Å². The largest absolute Gasteiger partial charge is 0.494 e. The minimum absolute atomic E-state index is 0.0707. The summed E-state index contributed by atoms with van der Waals surface area (Å²) in [7, 11) is 5.67. The predicted molar refractivity (Wildman–Crippen MR) is 110 cm³/mol. The highest BCUT2D eigenvalue weighted by Crippen LogP contribution is 2.35. The topological polar surface area (TPSA) is 45.7 Å². The van der Waals surface area contributed by atoms with Crippen LogP contribution in [0.5, 0.6) is 5.75 Å². The molecule has 0 aliphatic carbocycles. The third-order valence-corrected chi connectivity index (χ3v) is 6.10. The smallest absolute Gasteiger partial charge is 0.270 e. The number of aromatic nitrogens is 1. The van der Waals surface area contributed by atoms with E-state index in [-0.39, 0.29) is 5.91 Å². The normalized spacial score (nSPS) is 11.3. The van der Waals surface area contributed by atoms with Crippen molar-refractivity contribution in [2.75, 3.05) is 39.2 Å². The van der Waals surface area contributed by atoms with E-state index in [9.17, 15) is 4.79 Å². The quantitative estimate of drug-likeness (QED) is 0.571. The summed E-state index contributed by atoms with van der Waals surface area (Å²) in [6.07, 6.45) is 0.852. The lowest BCUT2D eigenvalue weighted by molar-refractivity contribution is 0.0990. The van der Waals surface area contributed by atoms with Crippen molar-refractivity contribution in [1.29, 1.82) is 0 Å².